The van der Waals surface area contributed by atoms with Gasteiger partial charge in [0.1, 0.15) is 0 Å². The van der Waals surface area contributed by atoms with Crippen molar-refractivity contribution in [3.63, 3.8) is 0 Å². The summed E-state index contributed by atoms with van der Waals surface area (Å²) in [5.74, 6) is 0.0772. The molecule has 98 valence electrons. The molecule has 0 aromatic heterocycles. The summed E-state index contributed by atoms with van der Waals surface area (Å²) >= 11 is 17.9. The van der Waals surface area contributed by atoms with Crippen molar-refractivity contribution >= 4 is 40.7 Å². The fraction of sp³-hybridized carbons (Fsp3) is 0.417. The number of alkyl halides is 1. The Labute approximate surface area is 121 Å². The molecule has 1 fully saturated rings. The third-order valence-electron chi connectivity index (χ3n) is 2.85. The van der Waals surface area contributed by atoms with E-state index in [1.54, 1.807) is 17.0 Å². The lowest BCUT2D eigenvalue weighted by molar-refractivity contribution is 0.0303. The predicted octanol–water partition coefficient (Wildman–Crippen LogP) is 3.20. The number of hydrogen-bond acceptors (Lipinski definition) is 2. The van der Waals surface area contributed by atoms with Crippen molar-refractivity contribution in [2.24, 2.45) is 0 Å². The third kappa shape index (κ3) is 2.75. The fourth-order valence-corrected chi connectivity index (χ4v) is 2.82. The molecule has 18 heavy (non-hydrogen) atoms. The van der Waals surface area contributed by atoms with E-state index in [4.69, 9.17) is 39.5 Å². The Balaban J connectivity index is 2.30. The van der Waals surface area contributed by atoms with Gasteiger partial charge in [0.25, 0.3) is 5.91 Å². The summed E-state index contributed by atoms with van der Waals surface area (Å²) in [5.41, 5.74) is 1.04. The molecule has 0 bridgehead atoms. The highest BCUT2D eigenvalue weighted by Crippen LogP contribution is 2.30. The van der Waals surface area contributed by atoms with Crippen molar-refractivity contribution in [1.82, 2.24) is 4.90 Å². The molecule has 0 spiro atoms. The number of nitrogens with zero attached hydrogens (tertiary/aromatic N) is 1. The van der Waals surface area contributed by atoms with Gasteiger partial charge in [-0.1, -0.05) is 23.2 Å². The zero-order chi connectivity index (χ0) is 13.1. The van der Waals surface area contributed by atoms with Gasteiger partial charge in [0.15, 0.2) is 0 Å². The normalized spacial score (nSPS) is 15.8. The van der Waals surface area contributed by atoms with Crippen LogP contribution >= 0.6 is 34.8 Å². The standard InChI is InChI=1S/C12H12Cl3NO2/c13-7-9-10(14)2-1-8(11(9)15)12(17)16-3-5-18-6-4-16/h1-2H,3-7H2. The van der Waals surface area contributed by atoms with Gasteiger partial charge in [-0.05, 0) is 12.1 Å². The summed E-state index contributed by atoms with van der Waals surface area (Å²) in [4.78, 5) is 14.0. The minimum Gasteiger partial charge on any atom is -0.378 e. The van der Waals surface area contributed by atoms with Gasteiger partial charge in [-0.3, -0.25) is 4.79 Å². The first-order valence-corrected chi connectivity index (χ1v) is 6.84. The van der Waals surface area contributed by atoms with E-state index in [1.807, 2.05) is 0 Å². The number of amides is 1. The van der Waals surface area contributed by atoms with E-state index in [9.17, 15) is 4.79 Å². The number of carbonyl (C=O) groups excluding carboxylic acids is 1. The largest absolute Gasteiger partial charge is 0.378 e. The van der Waals surface area contributed by atoms with Crippen molar-refractivity contribution in [1.29, 1.82) is 0 Å². The van der Waals surface area contributed by atoms with Crippen LogP contribution in [0, 0.1) is 0 Å². The number of halogens is 3. The van der Waals surface area contributed by atoms with E-state index < -0.39 is 0 Å². The summed E-state index contributed by atoms with van der Waals surface area (Å²) in [7, 11) is 0. The molecule has 0 atom stereocenters. The maximum atomic E-state index is 12.3. The van der Waals surface area contributed by atoms with Crippen LogP contribution in [0.3, 0.4) is 0 Å². The van der Waals surface area contributed by atoms with E-state index in [2.05, 4.69) is 0 Å². The topological polar surface area (TPSA) is 29.5 Å². The number of carbonyl (C=O) groups is 1. The molecule has 0 aliphatic carbocycles. The van der Waals surface area contributed by atoms with Gasteiger partial charge in [0, 0.05) is 23.7 Å². The SMILES string of the molecule is O=C(c1ccc(Cl)c(CCl)c1Cl)N1CCOCC1. The molecule has 1 aromatic rings. The van der Waals surface area contributed by atoms with Crippen LogP contribution in [0.4, 0.5) is 0 Å². The minimum atomic E-state index is -0.105. The smallest absolute Gasteiger partial charge is 0.255 e. The second kappa shape index (κ2) is 6.11. The lowest BCUT2D eigenvalue weighted by Crippen LogP contribution is -2.40. The predicted molar refractivity (Wildman–Crippen MR) is 72.7 cm³/mol. The molecule has 1 amide bonds. The number of morpholine rings is 1. The van der Waals surface area contributed by atoms with Crippen LogP contribution in [0.2, 0.25) is 10.0 Å². The van der Waals surface area contributed by atoms with Crippen LogP contribution in [-0.4, -0.2) is 37.1 Å². The van der Waals surface area contributed by atoms with Crippen LogP contribution < -0.4 is 0 Å². The Morgan fingerprint density at radius 2 is 1.94 bits per heavy atom. The van der Waals surface area contributed by atoms with Crippen LogP contribution in [0.25, 0.3) is 0 Å². The monoisotopic (exact) mass is 307 g/mol. The van der Waals surface area contributed by atoms with E-state index in [0.29, 0.717) is 47.5 Å². The average Bonchev–Trinajstić information content (AvgIpc) is 2.40. The molecular weight excluding hydrogens is 296 g/mol. The molecule has 1 aromatic carbocycles. The van der Waals surface area contributed by atoms with Gasteiger partial charge >= 0.3 is 0 Å². The summed E-state index contributed by atoms with van der Waals surface area (Å²) in [5, 5.41) is 0.822. The van der Waals surface area contributed by atoms with Crippen LogP contribution in [-0.2, 0) is 10.6 Å². The van der Waals surface area contributed by atoms with E-state index in [1.165, 1.54) is 0 Å². The Bertz CT molecular complexity index is 459. The molecule has 1 aliphatic rings. The van der Waals surface area contributed by atoms with Crippen molar-refractivity contribution in [2.45, 2.75) is 5.88 Å². The lowest BCUT2D eigenvalue weighted by atomic mass is 10.1. The van der Waals surface area contributed by atoms with Crippen LogP contribution in [0.15, 0.2) is 12.1 Å². The zero-order valence-electron chi connectivity index (χ0n) is 9.59. The van der Waals surface area contributed by atoms with Gasteiger partial charge in [-0.25, -0.2) is 0 Å². The number of benzene rings is 1. The van der Waals surface area contributed by atoms with Crippen LogP contribution in [0.1, 0.15) is 15.9 Å². The summed E-state index contributed by atoms with van der Waals surface area (Å²) < 4.78 is 5.21. The minimum absolute atomic E-state index is 0.105. The Morgan fingerprint density at radius 1 is 1.28 bits per heavy atom. The molecule has 0 radical (unpaired) electrons. The number of rotatable bonds is 2. The first kappa shape index (κ1) is 13.9. The molecule has 0 N–H and O–H groups in total. The highest BCUT2D eigenvalue weighted by atomic mass is 35.5. The van der Waals surface area contributed by atoms with Gasteiger partial charge in [-0.15, -0.1) is 11.6 Å². The molecule has 1 heterocycles. The van der Waals surface area contributed by atoms with Gasteiger partial charge in [0.05, 0.1) is 29.7 Å². The summed E-state index contributed by atoms with van der Waals surface area (Å²) in [6.45, 7) is 2.26. The number of hydrogen-bond donors (Lipinski definition) is 0. The molecule has 0 unspecified atom stereocenters. The second-order valence-corrected chi connectivity index (χ2v) is 4.98. The Kier molecular flexibility index (Phi) is 4.73. The maximum absolute atomic E-state index is 12.3. The first-order valence-electron chi connectivity index (χ1n) is 5.55. The van der Waals surface area contributed by atoms with Crippen molar-refractivity contribution < 1.29 is 9.53 Å². The highest BCUT2D eigenvalue weighted by Gasteiger charge is 2.22. The third-order valence-corrected chi connectivity index (χ3v) is 3.90. The quantitative estimate of drug-likeness (QED) is 0.785. The Morgan fingerprint density at radius 3 is 2.56 bits per heavy atom. The second-order valence-electron chi connectivity index (χ2n) is 3.93. The molecule has 2 rings (SSSR count). The van der Waals surface area contributed by atoms with Gasteiger partial charge in [0.2, 0.25) is 0 Å². The van der Waals surface area contributed by atoms with Crippen molar-refractivity contribution in [3.05, 3.63) is 33.3 Å². The molecular formula is C12H12Cl3NO2. The zero-order valence-corrected chi connectivity index (χ0v) is 11.9. The van der Waals surface area contributed by atoms with Gasteiger partial charge in [-0.2, -0.15) is 0 Å². The highest BCUT2D eigenvalue weighted by molar-refractivity contribution is 6.39. The molecule has 1 aliphatic heterocycles. The molecule has 1 saturated heterocycles. The summed E-state index contributed by atoms with van der Waals surface area (Å²) in [6.07, 6.45) is 0. The summed E-state index contributed by atoms with van der Waals surface area (Å²) in [6, 6.07) is 3.29. The van der Waals surface area contributed by atoms with Crippen molar-refractivity contribution in [2.75, 3.05) is 26.3 Å². The van der Waals surface area contributed by atoms with Crippen LogP contribution in [0.5, 0.6) is 0 Å². The number of ether oxygens (including phenoxy) is 1. The van der Waals surface area contributed by atoms with Crippen molar-refractivity contribution in [3.8, 4) is 0 Å². The van der Waals surface area contributed by atoms with Gasteiger partial charge < -0.3 is 9.64 Å². The van der Waals surface area contributed by atoms with E-state index >= 15 is 0 Å². The van der Waals surface area contributed by atoms with E-state index in [0.717, 1.165) is 0 Å². The van der Waals surface area contributed by atoms with E-state index in [-0.39, 0.29) is 11.8 Å². The average molecular weight is 309 g/mol. The molecule has 3 nitrogen and oxygen atoms in total. The lowest BCUT2D eigenvalue weighted by Gasteiger charge is -2.27. The maximum Gasteiger partial charge on any atom is 0.255 e. The molecule has 0 saturated carbocycles. The molecule has 6 heteroatoms. The first-order chi connectivity index (χ1) is 8.65. The Hall–Kier alpha value is -0.480. The fourth-order valence-electron chi connectivity index (χ4n) is 1.82.